The molecule has 0 spiro atoms. The van der Waals surface area contributed by atoms with Crippen molar-refractivity contribution in [2.24, 2.45) is 0 Å². The second-order valence-electron chi connectivity index (χ2n) is 7.61. The third-order valence-corrected chi connectivity index (χ3v) is 6.34. The Morgan fingerprint density at radius 1 is 0.806 bits per heavy atom. The van der Waals surface area contributed by atoms with E-state index in [1.54, 1.807) is 42.9 Å². The number of hydrogen-bond acceptors (Lipinski definition) is 5. The molecule has 0 bridgehead atoms. The number of carbonyl (C=O) groups is 1. The second-order valence-corrected chi connectivity index (χ2v) is 9.40. The molecule has 0 aliphatic carbocycles. The quantitative estimate of drug-likeness (QED) is 0.161. The van der Waals surface area contributed by atoms with Gasteiger partial charge in [-0.1, -0.05) is 64.6 Å². The predicted octanol–water partition coefficient (Wildman–Crippen LogP) is 5.85. The number of nitrogens with zero attached hydrogens (tertiary/aromatic N) is 2. The van der Waals surface area contributed by atoms with Gasteiger partial charge in [0.25, 0.3) is 5.97 Å². The average Bonchev–Trinajstić information content (AvgIpc) is 2.85. The zero-order chi connectivity index (χ0) is 25.3. The molecular weight excluding hydrogens is 567 g/mol. The smallest absolute Gasteiger partial charge is 0.300 e. The number of rotatable bonds is 3. The molecule has 5 rings (SSSR count). The Labute approximate surface area is 224 Å². The van der Waals surface area contributed by atoms with Crippen LogP contribution in [0.3, 0.4) is 0 Å². The van der Waals surface area contributed by atoms with Crippen LogP contribution in [0, 0.1) is 12.7 Å². The van der Waals surface area contributed by atoms with Crippen LogP contribution in [0.1, 0.15) is 18.1 Å². The molecule has 6 nitrogen and oxygen atoms in total. The van der Waals surface area contributed by atoms with Crippen LogP contribution in [0.25, 0.3) is 21.7 Å². The summed E-state index contributed by atoms with van der Waals surface area (Å²) in [6, 6.07) is 26.1. The molecule has 0 amide bonds. The monoisotopic (exact) mass is 591 g/mol. The molecule has 36 heavy (non-hydrogen) atoms. The Kier molecular flexibility index (Phi) is 10.8. The van der Waals surface area contributed by atoms with Gasteiger partial charge >= 0.3 is 0 Å². The second kappa shape index (κ2) is 13.5. The first kappa shape index (κ1) is 28.7. The summed E-state index contributed by atoms with van der Waals surface area (Å²) in [4.78, 5) is 17.5. The van der Waals surface area contributed by atoms with Crippen LogP contribution in [0.4, 0.5) is 0 Å². The molecule has 2 aromatic heterocycles. The Bertz CT molecular complexity index is 1490. The van der Waals surface area contributed by atoms with Crippen molar-refractivity contribution in [2.45, 2.75) is 18.7 Å². The van der Waals surface area contributed by atoms with Gasteiger partial charge < -0.3 is 5.11 Å². The first-order valence-electron chi connectivity index (χ1n) is 10.8. The van der Waals surface area contributed by atoms with Crippen LogP contribution in [-0.2, 0) is 35.1 Å². The maximum atomic E-state index is 12.8. The first-order chi connectivity index (χ1) is 16.8. The third-order valence-electron chi connectivity index (χ3n) is 4.85. The fourth-order valence-electron chi connectivity index (χ4n) is 3.32. The van der Waals surface area contributed by atoms with Gasteiger partial charge in [0.1, 0.15) is 0 Å². The van der Waals surface area contributed by atoms with Crippen molar-refractivity contribution in [2.75, 3.05) is 0 Å². The molecule has 0 aliphatic heterocycles. The standard InChI is InChI=1S/C21H16NO2S.C5H5N.C2H4O2.Pd/c1-15-7-11-19(12-8-15)25(23,24)14-18-5-2-4-16-9-10-17-6-3-13-22-21(17)20(16)18;1-2-4-6-5-3-1;1-2(3)4;/h2-14H,1H3;1-5H;1H3,(H,3,4);/q-1;;;. The molecule has 8 heteroatoms. The number of carboxylic acid groups (broad SMARTS) is 1. The van der Waals surface area contributed by atoms with Gasteiger partial charge in [-0.15, -0.1) is 6.07 Å². The van der Waals surface area contributed by atoms with E-state index < -0.39 is 15.8 Å². The van der Waals surface area contributed by atoms with Crippen molar-refractivity contribution in [3.63, 3.8) is 0 Å². The van der Waals surface area contributed by atoms with E-state index >= 15 is 0 Å². The molecule has 0 fully saturated rings. The molecular formula is C28H25N2O4PdS-. The SMILES string of the molecule is CC(=O)O.Cc1ccc(S(=O)(=O)[CH-]c2cccc3ccc4cccnc4c23)cc1.[Pd].c1ccncc1. The van der Waals surface area contributed by atoms with Gasteiger partial charge in [-0.3, -0.25) is 14.8 Å². The normalized spacial score (nSPS) is 10.2. The zero-order valence-electron chi connectivity index (χ0n) is 19.7. The summed E-state index contributed by atoms with van der Waals surface area (Å²) in [5, 5.41) is 10.2. The minimum absolute atomic E-state index is 0. The molecule has 1 N–H and O–H groups in total. The predicted molar refractivity (Wildman–Crippen MR) is 139 cm³/mol. The molecule has 3 aromatic carbocycles. The summed E-state index contributed by atoms with van der Waals surface area (Å²) in [5.74, 6) is 0.508. The van der Waals surface area contributed by atoms with E-state index in [0.717, 1.165) is 34.2 Å². The largest absolute Gasteiger partial charge is 0.481 e. The van der Waals surface area contributed by atoms with E-state index in [9.17, 15) is 8.42 Å². The molecule has 0 atom stereocenters. The molecule has 0 saturated carbocycles. The van der Waals surface area contributed by atoms with Crippen LogP contribution in [0.2, 0.25) is 0 Å². The number of sulfone groups is 1. The summed E-state index contributed by atoms with van der Waals surface area (Å²) < 4.78 is 25.6. The fraction of sp³-hybridized carbons (Fsp3) is 0.0714. The van der Waals surface area contributed by atoms with Gasteiger partial charge in [0, 0.05) is 51.5 Å². The number of fused-ring (bicyclic) bond motifs is 3. The van der Waals surface area contributed by atoms with Crippen molar-refractivity contribution in [1.82, 2.24) is 9.97 Å². The van der Waals surface area contributed by atoms with Crippen molar-refractivity contribution < 1.29 is 38.7 Å². The summed E-state index contributed by atoms with van der Waals surface area (Å²) in [7, 11) is -3.54. The summed E-state index contributed by atoms with van der Waals surface area (Å²) in [5.41, 5.74) is 2.49. The maximum absolute atomic E-state index is 12.8. The van der Waals surface area contributed by atoms with Crippen LogP contribution in [0.5, 0.6) is 0 Å². The topological polar surface area (TPSA) is 97.2 Å². The van der Waals surface area contributed by atoms with E-state index in [1.807, 2.05) is 67.6 Å². The number of aliphatic carboxylic acids is 1. The summed E-state index contributed by atoms with van der Waals surface area (Å²) in [6.07, 6.45) is 5.23. The van der Waals surface area contributed by atoms with Gasteiger partial charge in [-0.2, -0.15) is 11.6 Å². The van der Waals surface area contributed by atoms with Gasteiger partial charge in [-0.25, -0.2) is 8.42 Å². The van der Waals surface area contributed by atoms with Crippen molar-refractivity contribution >= 4 is 37.5 Å². The molecule has 5 aromatic rings. The Hall–Kier alpha value is -3.57. The number of aryl methyl sites for hydroxylation is 1. The van der Waals surface area contributed by atoms with E-state index in [0.29, 0.717) is 10.5 Å². The number of carboxylic acids is 1. The van der Waals surface area contributed by atoms with Gasteiger partial charge in [0.2, 0.25) is 0 Å². The van der Waals surface area contributed by atoms with E-state index in [1.165, 1.54) is 5.75 Å². The fourth-order valence-corrected chi connectivity index (χ4v) is 4.50. The number of aromatic nitrogens is 2. The summed E-state index contributed by atoms with van der Waals surface area (Å²) >= 11 is 0. The molecule has 0 radical (unpaired) electrons. The van der Waals surface area contributed by atoms with Crippen molar-refractivity contribution in [3.05, 3.63) is 120 Å². The van der Waals surface area contributed by atoms with Crippen LogP contribution >= 0.6 is 0 Å². The molecule has 0 saturated heterocycles. The van der Waals surface area contributed by atoms with Gasteiger partial charge in [0.15, 0.2) is 9.84 Å². The average molecular weight is 592 g/mol. The zero-order valence-corrected chi connectivity index (χ0v) is 22.1. The third kappa shape index (κ3) is 7.99. The van der Waals surface area contributed by atoms with Gasteiger partial charge in [-0.05, 0) is 42.6 Å². The van der Waals surface area contributed by atoms with E-state index in [2.05, 4.69) is 9.97 Å². The molecule has 0 aliphatic rings. The Balaban J connectivity index is 0.000000350. The number of pyridine rings is 2. The van der Waals surface area contributed by atoms with Crippen molar-refractivity contribution in [3.8, 4) is 0 Å². The first-order valence-corrected chi connectivity index (χ1v) is 12.3. The Morgan fingerprint density at radius 3 is 2.00 bits per heavy atom. The van der Waals surface area contributed by atoms with E-state index in [4.69, 9.17) is 9.90 Å². The molecule has 2 heterocycles. The minimum Gasteiger partial charge on any atom is -0.481 e. The van der Waals surface area contributed by atoms with Crippen LogP contribution in [-0.4, -0.2) is 29.5 Å². The minimum atomic E-state index is -3.54. The van der Waals surface area contributed by atoms with Crippen LogP contribution < -0.4 is 0 Å². The van der Waals surface area contributed by atoms with Crippen molar-refractivity contribution in [1.29, 1.82) is 0 Å². The maximum Gasteiger partial charge on any atom is 0.300 e. The van der Waals surface area contributed by atoms with Gasteiger partial charge in [0.05, 0.1) is 4.90 Å². The Morgan fingerprint density at radius 2 is 1.42 bits per heavy atom. The molecule has 0 unspecified atom stereocenters. The number of benzene rings is 3. The van der Waals surface area contributed by atoms with Crippen LogP contribution in [0.15, 0.2) is 108 Å². The number of hydrogen-bond donors (Lipinski definition) is 1. The molecule has 188 valence electrons. The summed E-state index contributed by atoms with van der Waals surface area (Å²) in [6.45, 7) is 3.02. The van der Waals surface area contributed by atoms with E-state index in [-0.39, 0.29) is 20.4 Å².